The first-order chi connectivity index (χ1) is 7.72. The van der Waals surface area contributed by atoms with Crippen molar-refractivity contribution in [3.05, 3.63) is 0 Å². The molecule has 3 rings (SSSR count). The number of likely N-dealkylation sites (tertiary alicyclic amines) is 1. The molecule has 1 saturated heterocycles. The largest absolute Gasteiger partial charge is 0.329 e. The van der Waals surface area contributed by atoms with Crippen molar-refractivity contribution in [3.8, 4) is 0 Å². The molecule has 2 atom stereocenters. The van der Waals surface area contributed by atoms with Crippen molar-refractivity contribution < 1.29 is 0 Å². The molecule has 16 heavy (non-hydrogen) atoms. The first-order valence-electron chi connectivity index (χ1n) is 6.93. The van der Waals surface area contributed by atoms with Crippen molar-refractivity contribution in [1.82, 2.24) is 10.2 Å². The van der Waals surface area contributed by atoms with Gasteiger partial charge in [0.25, 0.3) is 0 Å². The number of rotatable bonds is 5. The van der Waals surface area contributed by atoms with Crippen LogP contribution in [0.2, 0.25) is 0 Å². The SMILES string of the molecule is CC1CC(CN)(NCC2CC2)CN1C1CC1. The fourth-order valence-electron chi connectivity index (χ4n) is 3.18. The summed E-state index contributed by atoms with van der Waals surface area (Å²) in [5.74, 6) is 0.953. The highest BCUT2D eigenvalue weighted by Crippen LogP contribution is 2.37. The Kier molecular flexibility index (Phi) is 2.73. The van der Waals surface area contributed by atoms with Gasteiger partial charge in [0.2, 0.25) is 0 Å². The van der Waals surface area contributed by atoms with Crippen molar-refractivity contribution in [1.29, 1.82) is 0 Å². The predicted octanol–water partition coefficient (Wildman–Crippen LogP) is 0.940. The normalized spacial score (nSPS) is 40.5. The maximum Gasteiger partial charge on any atom is 0.0447 e. The molecule has 0 aromatic carbocycles. The summed E-state index contributed by atoms with van der Waals surface area (Å²) in [6, 6.07) is 1.61. The van der Waals surface area contributed by atoms with E-state index >= 15 is 0 Å². The van der Waals surface area contributed by atoms with Gasteiger partial charge in [-0.1, -0.05) is 0 Å². The molecule has 1 heterocycles. The van der Waals surface area contributed by atoms with Crippen molar-refractivity contribution in [2.75, 3.05) is 19.6 Å². The molecule has 2 aliphatic carbocycles. The monoisotopic (exact) mass is 223 g/mol. The van der Waals surface area contributed by atoms with Crippen molar-refractivity contribution in [2.24, 2.45) is 11.7 Å². The van der Waals surface area contributed by atoms with Gasteiger partial charge in [-0.3, -0.25) is 4.90 Å². The van der Waals surface area contributed by atoms with Gasteiger partial charge in [-0.15, -0.1) is 0 Å². The second kappa shape index (κ2) is 3.97. The summed E-state index contributed by atoms with van der Waals surface area (Å²) in [4.78, 5) is 2.69. The van der Waals surface area contributed by atoms with Gasteiger partial charge in [0.15, 0.2) is 0 Å². The third kappa shape index (κ3) is 2.13. The molecule has 3 N–H and O–H groups in total. The third-order valence-electron chi connectivity index (χ3n) is 4.61. The molecule has 3 nitrogen and oxygen atoms in total. The van der Waals surface area contributed by atoms with E-state index in [0.717, 1.165) is 24.5 Å². The topological polar surface area (TPSA) is 41.3 Å². The van der Waals surface area contributed by atoms with Crippen LogP contribution in [0.1, 0.15) is 39.0 Å². The molecule has 92 valence electrons. The summed E-state index contributed by atoms with van der Waals surface area (Å²) >= 11 is 0. The molecule has 3 aliphatic rings. The Morgan fingerprint density at radius 1 is 1.31 bits per heavy atom. The zero-order valence-electron chi connectivity index (χ0n) is 10.4. The Labute approximate surface area is 98.8 Å². The van der Waals surface area contributed by atoms with Gasteiger partial charge in [0.05, 0.1) is 0 Å². The molecule has 1 aliphatic heterocycles. The van der Waals surface area contributed by atoms with Crippen LogP contribution in [0.15, 0.2) is 0 Å². The third-order valence-corrected chi connectivity index (χ3v) is 4.61. The predicted molar refractivity (Wildman–Crippen MR) is 66.3 cm³/mol. The zero-order valence-corrected chi connectivity index (χ0v) is 10.4. The Morgan fingerprint density at radius 3 is 2.62 bits per heavy atom. The van der Waals surface area contributed by atoms with Gasteiger partial charge < -0.3 is 11.1 Å². The summed E-state index contributed by atoms with van der Waals surface area (Å²) < 4.78 is 0. The lowest BCUT2D eigenvalue weighted by Gasteiger charge is -2.29. The first kappa shape index (κ1) is 11.0. The molecule has 2 unspecified atom stereocenters. The molecule has 3 heteroatoms. The maximum absolute atomic E-state index is 6.03. The van der Waals surface area contributed by atoms with Crippen LogP contribution in [-0.4, -0.2) is 42.2 Å². The van der Waals surface area contributed by atoms with Gasteiger partial charge in [-0.2, -0.15) is 0 Å². The van der Waals surface area contributed by atoms with Gasteiger partial charge in [0.1, 0.15) is 0 Å². The minimum Gasteiger partial charge on any atom is -0.329 e. The quantitative estimate of drug-likeness (QED) is 0.729. The van der Waals surface area contributed by atoms with E-state index in [0.29, 0.717) is 0 Å². The van der Waals surface area contributed by atoms with Gasteiger partial charge in [0, 0.05) is 30.7 Å². The smallest absolute Gasteiger partial charge is 0.0447 e. The molecular weight excluding hydrogens is 198 g/mol. The Bertz CT molecular complexity index is 260. The van der Waals surface area contributed by atoms with Crippen molar-refractivity contribution in [2.45, 2.75) is 56.7 Å². The van der Waals surface area contributed by atoms with E-state index in [1.807, 2.05) is 0 Å². The van der Waals surface area contributed by atoms with Crippen LogP contribution in [0, 0.1) is 5.92 Å². The van der Waals surface area contributed by atoms with E-state index in [1.165, 1.54) is 45.2 Å². The molecule has 0 aromatic rings. The lowest BCUT2D eigenvalue weighted by molar-refractivity contribution is 0.241. The summed E-state index contributed by atoms with van der Waals surface area (Å²) in [5.41, 5.74) is 6.26. The summed E-state index contributed by atoms with van der Waals surface area (Å²) in [7, 11) is 0. The van der Waals surface area contributed by atoms with Crippen LogP contribution < -0.4 is 11.1 Å². The lowest BCUT2D eigenvalue weighted by Crippen LogP contribution is -2.53. The average molecular weight is 223 g/mol. The average Bonchev–Trinajstić information content (AvgIpc) is 3.15. The molecule has 0 radical (unpaired) electrons. The van der Waals surface area contributed by atoms with E-state index in [-0.39, 0.29) is 5.54 Å². The summed E-state index contributed by atoms with van der Waals surface area (Å²) in [6.07, 6.45) is 6.92. The van der Waals surface area contributed by atoms with E-state index < -0.39 is 0 Å². The summed E-state index contributed by atoms with van der Waals surface area (Å²) in [6.45, 7) is 5.55. The molecule has 2 saturated carbocycles. The van der Waals surface area contributed by atoms with Crippen LogP contribution in [0.25, 0.3) is 0 Å². The fraction of sp³-hybridized carbons (Fsp3) is 1.00. The Morgan fingerprint density at radius 2 is 2.06 bits per heavy atom. The van der Waals surface area contributed by atoms with Crippen LogP contribution in [0.3, 0.4) is 0 Å². The highest BCUT2D eigenvalue weighted by Gasteiger charge is 2.46. The van der Waals surface area contributed by atoms with Crippen LogP contribution in [0.5, 0.6) is 0 Å². The van der Waals surface area contributed by atoms with Crippen molar-refractivity contribution >= 4 is 0 Å². The van der Waals surface area contributed by atoms with Crippen LogP contribution >= 0.6 is 0 Å². The Balaban J connectivity index is 1.60. The zero-order chi connectivity index (χ0) is 11.2. The van der Waals surface area contributed by atoms with E-state index in [1.54, 1.807) is 0 Å². The minimum atomic E-state index is 0.227. The minimum absolute atomic E-state index is 0.227. The van der Waals surface area contributed by atoms with E-state index in [4.69, 9.17) is 5.73 Å². The van der Waals surface area contributed by atoms with E-state index in [2.05, 4.69) is 17.1 Å². The number of nitrogens with one attached hydrogen (secondary N) is 1. The lowest BCUT2D eigenvalue weighted by atomic mass is 9.96. The number of hydrogen-bond donors (Lipinski definition) is 2. The first-order valence-corrected chi connectivity index (χ1v) is 6.93. The highest BCUT2D eigenvalue weighted by molar-refractivity contribution is 5.06. The molecule has 3 fully saturated rings. The standard InChI is InChI=1S/C13H25N3/c1-10-6-13(8-14,15-7-11-2-3-11)9-16(10)12-4-5-12/h10-12,15H,2-9,14H2,1H3. The number of nitrogens with two attached hydrogens (primary N) is 1. The van der Waals surface area contributed by atoms with Crippen molar-refractivity contribution in [3.63, 3.8) is 0 Å². The van der Waals surface area contributed by atoms with Crippen LogP contribution in [-0.2, 0) is 0 Å². The highest BCUT2D eigenvalue weighted by atomic mass is 15.3. The van der Waals surface area contributed by atoms with Gasteiger partial charge in [-0.05, 0) is 51.5 Å². The molecular formula is C13H25N3. The second-order valence-electron chi connectivity index (χ2n) is 6.27. The number of hydrogen-bond acceptors (Lipinski definition) is 3. The summed E-state index contributed by atoms with van der Waals surface area (Å²) in [5, 5.41) is 3.78. The van der Waals surface area contributed by atoms with Gasteiger partial charge in [-0.25, -0.2) is 0 Å². The number of nitrogens with zero attached hydrogens (tertiary/aromatic N) is 1. The molecule has 0 aromatic heterocycles. The maximum atomic E-state index is 6.03. The molecule has 0 amide bonds. The fourth-order valence-corrected chi connectivity index (χ4v) is 3.18. The second-order valence-corrected chi connectivity index (χ2v) is 6.27. The molecule has 0 bridgehead atoms. The van der Waals surface area contributed by atoms with Crippen LogP contribution in [0.4, 0.5) is 0 Å². The van der Waals surface area contributed by atoms with E-state index in [9.17, 15) is 0 Å². The van der Waals surface area contributed by atoms with Gasteiger partial charge >= 0.3 is 0 Å². The Hall–Kier alpha value is -0.120. The molecule has 0 spiro atoms.